The number of hydrogen-bond acceptors (Lipinski definition) is 3. The number of likely N-dealkylation sites (N-methyl/N-ethyl adjacent to an activating group) is 1. The summed E-state index contributed by atoms with van der Waals surface area (Å²) in [6.07, 6.45) is 0. The molecule has 1 aromatic rings. The van der Waals surface area contributed by atoms with Crippen LogP contribution in [-0.4, -0.2) is 43.5 Å². The van der Waals surface area contributed by atoms with Crippen molar-refractivity contribution in [3.63, 3.8) is 0 Å². The number of carbonyl (C=O) groups is 1. The Bertz CT molecular complexity index is 371. The second-order valence-corrected chi connectivity index (χ2v) is 4.39. The average Bonchev–Trinajstić information content (AvgIpc) is 2.44. The van der Waals surface area contributed by atoms with Gasteiger partial charge in [-0.05, 0) is 44.3 Å². The van der Waals surface area contributed by atoms with Gasteiger partial charge in [-0.25, -0.2) is 0 Å². The fraction of sp³-hybridized carbons (Fsp3) is 0.533. The zero-order valence-corrected chi connectivity index (χ0v) is 12.2. The van der Waals surface area contributed by atoms with E-state index < -0.39 is 0 Å². The Kier molecular flexibility index (Phi) is 6.97. The first-order valence-electron chi connectivity index (χ1n) is 7.05. The van der Waals surface area contributed by atoms with Gasteiger partial charge in [0.05, 0.1) is 0 Å². The van der Waals surface area contributed by atoms with Gasteiger partial charge in [0.1, 0.15) is 0 Å². The number of carbonyl (C=O) groups excluding carboxylic acids is 1. The van der Waals surface area contributed by atoms with Gasteiger partial charge >= 0.3 is 0 Å². The Balaban J connectivity index is 2.40. The van der Waals surface area contributed by atoms with Gasteiger partial charge in [0.2, 0.25) is 0 Å². The van der Waals surface area contributed by atoms with Gasteiger partial charge < -0.3 is 15.5 Å². The van der Waals surface area contributed by atoms with Crippen molar-refractivity contribution in [3.8, 4) is 0 Å². The summed E-state index contributed by atoms with van der Waals surface area (Å²) in [6.45, 7) is 10.8. The van der Waals surface area contributed by atoms with Gasteiger partial charge in [-0.1, -0.05) is 13.8 Å². The molecule has 0 aliphatic rings. The normalized spacial score (nSPS) is 10.5. The van der Waals surface area contributed by atoms with Gasteiger partial charge in [-0.2, -0.15) is 0 Å². The molecular formula is C15H25N3O. The molecule has 0 radical (unpaired) electrons. The molecule has 2 N–H and O–H groups in total. The largest absolute Gasteiger partial charge is 0.385 e. The summed E-state index contributed by atoms with van der Waals surface area (Å²) < 4.78 is 0. The van der Waals surface area contributed by atoms with Gasteiger partial charge in [-0.3, -0.25) is 4.79 Å². The fourth-order valence-electron chi connectivity index (χ4n) is 1.91. The zero-order valence-electron chi connectivity index (χ0n) is 12.2. The summed E-state index contributed by atoms with van der Waals surface area (Å²) in [6, 6.07) is 7.57. The lowest BCUT2D eigenvalue weighted by molar-refractivity contribution is 0.0949. The molecule has 0 bridgehead atoms. The smallest absolute Gasteiger partial charge is 0.251 e. The average molecular weight is 263 g/mol. The highest BCUT2D eigenvalue weighted by Gasteiger charge is 2.05. The Morgan fingerprint density at radius 2 is 1.74 bits per heavy atom. The van der Waals surface area contributed by atoms with E-state index in [0.717, 1.165) is 31.9 Å². The Labute approximate surface area is 116 Å². The number of nitrogens with zero attached hydrogens (tertiary/aromatic N) is 1. The molecule has 4 heteroatoms. The fourth-order valence-corrected chi connectivity index (χ4v) is 1.91. The van der Waals surface area contributed by atoms with Crippen LogP contribution in [0, 0.1) is 0 Å². The number of hydrogen-bond donors (Lipinski definition) is 2. The molecular weight excluding hydrogens is 238 g/mol. The summed E-state index contributed by atoms with van der Waals surface area (Å²) >= 11 is 0. The minimum atomic E-state index is -0.00444. The first kappa shape index (κ1) is 15.5. The first-order valence-corrected chi connectivity index (χ1v) is 7.05. The van der Waals surface area contributed by atoms with Crippen LogP contribution in [0.5, 0.6) is 0 Å². The van der Waals surface area contributed by atoms with Crippen LogP contribution in [0.1, 0.15) is 31.1 Å². The predicted octanol–water partition coefficient (Wildman–Crippen LogP) is 2.19. The highest BCUT2D eigenvalue weighted by Crippen LogP contribution is 2.08. The first-order chi connectivity index (χ1) is 9.21. The number of rotatable bonds is 8. The van der Waals surface area contributed by atoms with Gasteiger partial charge in [0.25, 0.3) is 5.91 Å². The molecule has 1 amide bonds. The molecule has 4 nitrogen and oxygen atoms in total. The van der Waals surface area contributed by atoms with Crippen LogP contribution < -0.4 is 10.6 Å². The number of nitrogens with one attached hydrogen (secondary N) is 2. The summed E-state index contributed by atoms with van der Waals surface area (Å²) in [5.74, 6) is -0.00444. The Hall–Kier alpha value is -1.55. The van der Waals surface area contributed by atoms with E-state index in [2.05, 4.69) is 29.4 Å². The molecule has 1 aromatic carbocycles. The van der Waals surface area contributed by atoms with Crippen molar-refractivity contribution in [2.45, 2.75) is 20.8 Å². The molecule has 0 aliphatic carbocycles. The van der Waals surface area contributed by atoms with Gasteiger partial charge in [-0.15, -0.1) is 0 Å². The molecule has 1 rings (SSSR count). The Morgan fingerprint density at radius 1 is 1.11 bits per heavy atom. The van der Waals surface area contributed by atoms with Crippen LogP contribution in [-0.2, 0) is 0 Å². The predicted molar refractivity (Wildman–Crippen MR) is 80.7 cm³/mol. The molecule has 0 atom stereocenters. The van der Waals surface area contributed by atoms with Crippen molar-refractivity contribution >= 4 is 11.6 Å². The molecule has 0 unspecified atom stereocenters. The van der Waals surface area contributed by atoms with Crippen LogP contribution in [0.4, 0.5) is 5.69 Å². The number of benzene rings is 1. The van der Waals surface area contributed by atoms with Crippen LogP contribution >= 0.6 is 0 Å². The molecule has 106 valence electrons. The van der Waals surface area contributed by atoms with E-state index in [-0.39, 0.29) is 5.91 Å². The van der Waals surface area contributed by atoms with Crippen molar-refractivity contribution in [2.75, 3.05) is 38.0 Å². The summed E-state index contributed by atoms with van der Waals surface area (Å²) in [7, 11) is 0. The second-order valence-electron chi connectivity index (χ2n) is 4.39. The van der Waals surface area contributed by atoms with E-state index in [1.54, 1.807) is 0 Å². The third kappa shape index (κ3) is 5.30. The van der Waals surface area contributed by atoms with E-state index in [1.807, 2.05) is 31.2 Å². The second kappa shape index (κ2) is 8.53. The van der Waals surface area contributed by atoms with Gasteiger partial charge in [0.15, 0.2) is 0 Å². The lowest BCUT2D eigenvalue weighted by atomic mass is 10.2. The number of amides is 1. The maximum absolute atomic E-state index is 11.9. The molecule has 0 aliphatic heterocycles. The van der Waals surface area contributed by atoms with Crippen LogP contribution in [0.2, 0.25) is 0 Å². The topological polar surface area (TPSA) is 44.4 Å². The third-order valence-electron chi connectivity index (χ3n) is 3.14. The number of anilines is 1. The van der Waals surface area contributed by atoms with E-state index >= 15 is 0 Å². The van der Waals surface area contributed by atoms with Crippen molar-refractivity contribution in [2.24, 2.45) is 0 Å². The van der Waals surface area contributed by atoms with E-state index in [4.69, 9.17) is 0 Å². The van der Waals surface area contributed by atoms with Crippen molar-refractivity contribution < 1.29 is 4.79 Å². The van der Waals surface area contributed by atoms with E-state index in [9.17, 15) is 4.79 Å². The van der Waals surface area contributed by atoms with E-state index in [0.29, 0.717) is 12.1 Å². The molecule has 0 fully saturated rings. The summed E-state index contributed by atoms with van der Waals surface area (Å²) in [5.41, 5.74) is 1.75. The molecule has 0 saturated heterocycles. The van der Waals surface area contributed by atoms with Crippen LogP contribution in [0.15, 0.2) is 24.3 Å². The molecule has 0 saturated carbocycles. The lowest BCUT2D eigenvalue weighted by Crippen LogP contribution is -2.34. The van der Waals surface area contributed by atoms with E-state index in [1.165, 1.54) is 0 Å². The molecule has 0 heterocycles. The summed E-state index contributed by atoms with van der Waals surface area (Å²) in [4.78, 5) is 14.2. The minimum Gasteiger partial charge on any atom is -0.385 e. The molecule has 0 aromatic heterocycles. The zero-order chi connectivity index (χ0) is 14.1. The SMILES string of the molecule is CCNc1ccc(C(=O)NCCN(CC)CC)cc1. The highest BCUT2D eigenvalue weighted by atomic mass is 16.1. The van der Waals surface area contributed by atoms with Crippen molar-refractivity contribution in [1.82, 2.24) is 10.2 Å². The Morgan fingerprint density at radius 3 is 2.26 bits per heavy atom. The van der Waals surface area contributed by atoms with Crippen LogP contribution in [0.25, 0.3) is 0 Å². The molecule has 19 heavy (non-hydrogen) atoms. The minimum absolute atomic E-state index is 0.00444. The summed E-state index contributed by atoms with van der Waals surface area (Å²) in [5, 5.41) is 6.16. The lowest BCUT2D eigenvalue weighted by Gasteiger charge is -2.17. The quantitative estimate of drug-likeness (QED) is 0.755. The van der Waals surface area contributed by atoms with Crippen molar-refractivity contribution in [1.29, 1.82) is 0 Å². The maximum Gasteiger partial charge on any atom is 0.251 e. The van der Waals surface area contributed by atoms with Gasteiger partial charge in [0, 0.05) is 30.9 Å². The van der Waals surface area contributed by atoms with Crippen molar-refractivity contribution in [3.05, 3.63) is 29.8 Å². The maximum atomic E-state index is 11.9. The third-order valence-corrected chi connectivity index (χ3v) is 3.14. The highest BCUT2D eigenvalue weighted by molar-refractivity contribution is 5.94. The van der Waals surface area contributed by atoms with Crippen LogP contribution in [0.3, 0.4) is 0 Å². The standard InChI is InChI=1S/C15H25N3O/c1-4-16-14-9-7-13(8-10-14)15(19)17-11-12-18(5-2)6-3/h7-10,16H,4-6,11-12H2,1-3H3,(H,17,19). The monoisotopic (exact) mass is 263 g/mol. The molecule has 0 spiro atoms.